The summed E-state index contributed by atoms with van der Waals surface area (Å²) in [4.78, 5) is 11.3. The number of nitrogens with zero attached hydrogens (tertiary/aromatic N) is 2. The smallest absolute Gasteiger partial charge is 0.337 e. The number of rotatable bonds is 5. The Morgan fingerprint density at radius 1 is 1.38 bits per heavy atom. The monoisotopic (exact) mass is 287 g/mol. The number of hydrogen-bond acceptors (Lipinski definition) is 3. The molecule has 1 heterocycles. The van der Waals surface area contributed by atoms with E-state index in [1.54, 1.807) is 18.2 Å². The molecular weight excluding hydrogens is 266 g/mol. The second-order valence-corrected chi connectivity index (χ2v) is 5.12. The average Bonchev–Trinajstić information content (AvgIpc) is 2.73. The van der Waals surface area contributed by atoms with Crippen molar-refractivity contribution in [3.63, 3.8) is 0 Å². The summed E-state index contributed by atoms with van der Waals surface area (Å²) in [6.07, 6.45) is 0. The Balaban J connectivity index is 2.33. The molecule has 1 atom stereocenters. The van der Waals surface area contributed by atoms with E-state index in [9.17, 15) is 9.90 Å². The zero-order chi connectivity index (χ0) is 15.6. The number of para-hydroxylation sites is 1. The first-order chi connectivity index (χ1) is 9.95. The standard InChI is InChI=1S/C16H21N3O2/c1-5-19-12(4)15(11(3)18-19)10(2)17-14-9-7-6-8-13(14)16(20)21/h6-10,17H,5H2,1-4H3,(H,20,21). The van der Waals surface area contributed by atoms with Crippen LogP contribution in [0.3, 0.4) is 0 Å². The van der Waals surface area contributed by atoms with Gasteiger partial charge in [-0.1, -0.05) is 12.1 Å². The van der Waals surface area contributed by atoms with E-state index >= 15 is 0 Å². The van der Waals surface area contributed by atoms with E-state index in [-0.39, 0.29) is 11.6 Å². The van der Waals surface area contributed by atoms with Gasteiger partial charge < -0.3 is 10.4 Å². The zero-order valence-corrected chi connectivity index (χ0v) is 12.8. The molecule has 0 amide bonds. The second kappa shape index (κ2) is 5.99. The molecule has 1 unspecified atom stereocenters. The van der Waals surface area contributed by atoms with Crippen LogP contribution in [0.5, 0.6) is 0 Å². The predicted molar refractivity (Wildman–Crippen MR) is 82.8 cm³/mol. The minimum absolute atomic E-state index is 0.00852. The number of hydrogen-bond donors (Lipinski definition) is 2. The van der Waals surface area contributed by atoms with Crippen molar-refractivity contribution in [3.8, 4) is 0 Å². The van der Waals surface area contributed by atoms with Crippen LogP contribution in [0.2, 0.25) is 0 Å². The van der Waals surface area contributed by atoms with Crippen molar-refractivity contribution in [2.45, 2.75) is 40.3 Å². The second-order valence-electron chi connectivity index (χ2n) is 5.12. The van der Waals surface area contributed by atoms with Crippen LogP contribution in [0.4, 0.5) is 5.69 Å². The van der Waals surface area contributed by atoms with Gasteiger partial charge in [0.1, 0.15) is 0 Å². The first kappa shape index (κ1) is 15.1. The Kier molecular flexibility index (Phi) is 4.31. The van der Waals surface area contributed by atoms with Gasteiger partial charge in [0, 0.05) is 23.5 Å². The van der Waals surface area contributed by atoms with Crippen LogP contribution in [0, 0.1) is 13.8 Å². The molecule has 2 rings (SSSR count). The average molecular weight is 287 g/mol. The van der Waals surface area contributed by atoms with E-state index in [2.05, 4.69) is 17.3 Å². The molecule has 2 N–H and O–H groups in total. The summed E-state index contributed by atoms with van der Waals surface area (Å²) >= 11 is 0. The summed E-state index contributed by atoms with van der Waals surface area (Å²) in [6, 6.07) is 6.94. The molecule has 1 aromatic heterocycles. The number of carbonyl (C=O) groups is 1. The van der Waals surface area contributed by atoms with Crippen LogP contribution in [0.25, 0.3) is 0 Å². The van der Waals surface area contributed by atoms with Gasteiger partial charge in [-0.25, -0.2) is 4.79 Å². The highest BCUT2D eigenvalue weighted by Gasteiger charge is 2.18. The molecule has 0 spiro atoms. The molecule has 0 aliphatic rings. The number of aromatic carboxylic acids is 1. The van der Waals surface area contributed by atoms with Crippen molar-refractivity contribution in [2.75, 3.05) is 5.32 Å². The summed E-state index contributed by atoms with van der Waals surface area (Å²) in [5, 5.41) is 17.0. The van der Waals surface area contributed by atoms with Crippen LogP contribution in [-0.4, -0.2) is 20.9 Å². The number of aryl methyl sites for hydroxylation is 2. The maximum Gasteiger partial charge on any atom is 0.337 e. The van der Waals surface area contributed by atoms with Gasteiger partial charge in [0.25, 0.3) is 0 Å². The van der Waals surface area contributed by atoms with Gasteiger partial charge in [-0.05, 0) is 39.8 Å². The minimum atomic E-state index is -0.928. The van der Waals surface area contributed by atoms with Crippen molar-refractivity contribution in [2.24, 2.45) is 0 Å². The molecule has 2 aromatic rings. The molecule has 0 radical (unpaired) electrons. The van der Waals surface area contributed by atoms with E-state index in [0.717, 1.165) is 23.5 Å². The van der Waals surface area contributed by atoms with E-state index < -0.39 is 5.97 Å². The number of benzene rings is 1. The van der Waals surface area contributed by atoms with Gasteiger partial charge in [0.05, 0.1) is 17.3 Å². The predicted octanol–water partition coefficient (Wildman–Crippen LogP) is 3.39. The molecule has 0 saturated heterocycles. The zero-order valence-electron chi connectivity index (χ0n) is 12.8. The Morgan fingerprint density at radius 2 is 2.05 bits per heavy atom. The Bertz CT molecular complexity index is 662. The van der Waals surface area contributed by atoms with Gasteiger partial charge in [0.2, 0.25) is 0 Å². The van der Waals surface area contributed by atoms with Crippen molar-refractivity contribution in [1.29, 1.82) is 0 Å². The highest BCUT2D eigenvalue weighted by Crippen LogP contribution is 2.26. The molecule has 5 heteroatoms. The summed E-state index contributed by atoms with van der Waals surface area (Å²) < 4.78 is 1.96. The van der Waals surface area contributed by atoms with Crippen LogP contribution < -0.4 is 5.32 Å². The molecule has 0 fully saturated rings. The number of anilines is 1. The van der Waals surface area contributed by atoms with Crippen LogP contribution in [-0.2, 0) is 6.54 Å². The van der Waals surface area contributed by atoms with Crippen LogP contribution in [0.1, 0.15) is 47.2 Å². The molecule has 5 nitrogen and oxygen atoms in total. The van der Waals surface area contributed by atoms with Gasteiger partial charge in [-0.15, -0.1) is 0 Å². The van der Waals surface area contributed by atoms with Gasteiger partial charge >= 0.3 is 5.97 Å². The molecular formula is C16H21N3O2. The number of carboxylic acid groups (broad SMARTS) is 1. The van der Waals surface area contributed by atoms with Crippen molar-refractivity contribution in [3.05, 3.63) is 46.8 Å². The highest BCUT2D eigenvalue weighted by molar-refractivity contribution is 5.94. The Labute approximate surface area is 124 Å². The van der Waals surface area contributed by atoms with Gasteiger partial charge in [0.15, 0.2) is 0 Å². The van der Waals surface area contributed by atoms with Crippen LogP contribution >= 0.6 is 0 Å². The fourth-order valence-electron chi connectivity index (χ4n) is 2.75. The molecule has 112 valence electrons. The number of aromatic nitrogens is 2. The summed E-state index contributed by atoms with van der Waals surface area (Å²) in [5.41, 5.74) is 4.12. The quantitative estimate of drug-likeness (QED) is 0.884. The molecule has 21 heavy (non-hydrogen) atoms. The third-order valence-corrected chi connectivity index (χ3v) is 3.70. The summed E-state index contributed by atoms with van der Waals surface area (Å²) in [7, 11) is 0. The lowest BCUT2D eigenvalue weighted by atomic mass is 10.1. The summed E-state index contributed by atoms with van der Waals surface area (Å²) in [5.74, 6) is -0.928. The lowest BCUT2D eigenvalue weighted by Gasteiger charge is -2.17. The minimum Gasteiger partial charge on any atom is -0.478 e. The Morgan fingerprint density at radius 3 is 2.62 bits per heavy atom. The van der Waals surface area contributed by atoms with E-state index in [4.69, 9.17) is 0 Å². The topological polar surface area (TPSA) is 67.2 Å². The van der Waals surface area contributed by atoms with Crippen molar-refractivity contribution in [1.82, 2.24) is 9.78 Å². The first-order valence-corrected chi connectivity index (χ1v) is 7.08. The van der Waals surface area contributed by atoms with Gasteiger partial charge in [-0.2, -0.15) is 5.10 Å². The fourth-order valence-corrected chi connectivity index (χ4v) is 2.75. The number of carboxylic acids is 1. The van der Waals surface area contributed by atoms with Crippen LogP contribution in [0.15, 0.2) is 24.3 Å². The maximum atomic E-state index is 11.3. The number of nitrogens with one attached hydrogen (secondary N) is 1. The lowest BCUT2D eigenvalue weighted by Crippen LogP contribution is -2.12. The van der Waals surface area contributed by atoms with Crippen molar-refractivity contribution >= 4 is 11.7 Å². The fraction of sp³-hybridized carbons (Fsp3) is 0.375. The third-order valence-electron chi connectivity index (χ3n) is 3.70. The molecule has 0 saturated carbocycles. The van der Waals surface area contributed by atoms with E-state index in [1.807, 2.05) is 31.5 Å². The van der Waals surface area contributed by atoms with E-state index in [1.165, 1.54) is 0 Å². The Hall–Kier alpha value is -2.30. The molecule has 0 aliphatic carbocycles. The normalized spacial score (nSPS) is 12.2. The summed E-state index contributed by atoms with van der Waals surface area (Å²) in [6.45, 7) is 8.93. The molecule has 0 aliphatic heterocycles. The maximum absolute atomic E-state index is 11.3. The van der Waals surface area contributed by atoms with Crippen molar-refractivity contribution < 1.29 is 9.90 Å². The van der Waals surface area contributed by atoms with Gasteiger partial charge in [-0.3, -0.25) is 4.68 Å². The molecule has 1 aromatic carbocycles. The highest BCUT2D eigenvalue weighted by atomic mass is 16.4. The first-order valence-electron chi connectivity index (χ1n) is 7.08. The largest absolute Gasteiger partial charge is 0.478 e. The lowest BCUT2D eigenvalue weighted by molar-refractivity contribution is 0.0698. The molecule has 0 bridgehead atoms. The van der Waals surface area contributed by atoms with E-state index in [0.29, 0.717) is 5.69 Å². The third kappa shape index (κ3) is 2.91. The SMILES string of the molecule is CCn1nc(C)c(C(C)Nc2ccccc2C(=O)O)c1C.